The predicted octanol–water partition coefficient (Wildman–Crippen LogP) is -2.98. The number of hydrogen-bond donors (Lipinski definition) is 5. The molecular weight excluding hydrogens is 218 g/mol. The fourth-order valence-corrected chi connectivity index (χ4v) is 1.22. The highest BCUT2D eigenvalue weighted by Gasteiger charge is 2.31. The summed E-state index contributed by atoms with van der Waals surface area (Å²) in [5.41, 5.74) is 0. The fourth-order valence-electron chi connectivity index (χ4n) is 1.22. The summed E-state index contributed by atoms with van der Waals surface area (Å²) >= 11 is 0. The second-order valence-corrected chi connectivity index (χ2v) is 3.62. The maximum absolute atomic E-state index is 9.61. The molecule has 1 saturated heterocycles. The molecule has 5 N–H and O–H groups in total. The number of nitrogens with one attached hydrogen (secondary N) is 1. The molecule has 96 valence electrons. The zero-order valence-electron chi connectivity index (χ0n) is 8.95. The molecule has 0 bridgehead atoms. The molecule has 7 nitrogen and oxygen atoms in total. The SMILES string of the molecule is OCCO[C@H](OC1CNC1)[C@H](O)C(O)CO. The second-order valence-electron chi connectivity index (χ2n) is 3.62. The van der Waals surface area contributed by atoms with Crippen LogP contribution in [0, 0.1) is 0 Å². The van der Waals surface area contributed by atoms with Crippen molar-refractivity contribution in [2.45, 2.75) is 24.6 Å². The normalized spacial score (nSPS) is 22.5. The van der Waals surface area contributed by atoms with Crippen LogP contribution in [-0.4, -0.2) is 77.9 Å². The molecule has 0 aromatic carbocycles. The van der Waals surface area contributed by atoms with Gasteiger partial charge < -0.3 is 35.2 Å². The first kappa shape index (κ1) is 13.8. The Morgan fingerprint density at radius 1 is 1.25 bits per heavy atom. The van der Waals surface area contributed by atoms with Crippen LogP contribution in [0.4, 0.5) is 0 Å². The molecule has 0 spiro atoms. The minimum absolute atomic E-state index is 0.0000236. The summed E-state index contributed by atoms with van der Waals surface area (Å²) in [7, 11) is 0. The first-order valence-electron chi connectivity index (χ1n) is 5.24. The van der Waals surface area contributed by atoms with Gasteiger partial charge in [-0.25, -0.2) is 0 Å². The molecule has 1 rings (SSSR count). The van der Waals surface area contributed by atoms with E-state index in [2.05, 4.69) is 5.32 Å². The van der Waals surface area contributed by atoms with Crippen LogP contribution >= 0.6 is 0 Å². The Morgan fingerprint density at radius 3 is 2.38 bits per heavy atom. The van der Waals surface area contributed by atoms with Gasteiger partial charge in [0.1, 0.15) is 12.2 Å². The van der Waals surface area contributed by atoms with Gasteiger partial charge in [0.05, 0.1) is 25.9 Å². The summed E-state index contributed by atoms with van der Waals surface area (Å²) in [6, 6.07) is 0. The van der Waals surface area contributed by atoms with Crippen molar-refractivity contribution in [3.8, 4) is 0 Å². The van der Waals surface area contributed by atoms with Crippen molar-refractivity contribution in [3.63, 3.8) is 0 Å². The first-order chi connectivity index (χ1) is 7.69. The summed E-state index contributed by atoms with van der Waals surface area (Å²) in [6.45, 7) is 0.527. The number of hydrogen-bond acceptors (Lipinski definition) is 7. The van der Waals surface area contributed by atoms with E-state index in [4.69, 9.17) is 19.7 Å². The lowest BCUT2D eigenvalue weighted by atomic mass is 10.2. The van der Waals surface area contributed by atoms with Gasteiger partial charge in [0.15, 0.2) is 6.29 Å². The fraction of sp³-hybridized carbons (Fsp3) is 1.00. The van der Waals surface area contributed by atoms with Gasteiger partial charge in [-0.2, -0.15) is 0 Å². The predicted molar refractivity (Wildman–Crippen MR) is 53.7 cm³/mol. The highest BCUT2D eigenvalue weighted by Crippen LogP contribution is 2.11. The minimum atomic E-state index is -1.34. The van der Waals surface area contributed by atoms with E-state index >= 15 is 0 Å². The molecule has 0 saturated carbocycles. The minimum Gasteiger partial charge on any atom is -0.394 e. The molecule has 16 heavy (non-hydrogen) atoms. The van der Waals surface area contributed by atoms with E-state index in [1.54, 1.807) is 0 Å². The molecule has 7 heteroatoms. The number of rotatable bonds is 8. The van der Waals surface area contributed by atoms with Gasteiger partial charge in [-0.1, -0.05) is 0 Å². The molecule has 0 aromatic rings. The van der Waals surface area contributed by atoms with Gasteiger partial charge in [-0.05, 0) is 0 Å². The standard InChI is InChI=1S/C9H19NO6/c11-1-2-15-9(8(14)7(13)5-12)16-6-3-10-4-6/h6-14H,1-5H2/t7?,8-,9-/m1/s1. The molecular formula is C9H19NO6. The van der Waals surface area contributed by atoms with E-state index in [0.717, 1.165) is 0 Å². The molecule has 0 aliphatic carbocycles. The Labute approximate surface area is 93.6 Å². The maximum atomic E-state index is 9.61. The van der Waals surface area contributed by atoms with Crippen molar-refractivity contribution in [1.82, 2.24) is 5.32 Å². The van der Waals surface area contributed by atoms with Crippen LogP contribution in [0.3, 0.4) is 0 Å². The van der Waals surface area contributed by atoms with Gasteiger partial charge >= 0.3 is 0 Å². The molecule has 0 radical (unpaired) electrons. The Morgan fingerprint density at radius 2 is 1.94 bits per heavy atom. The molecule has 1 unspecified atom stereocenters. The van der Waals surface area contributed by atoms with Gasteiger partial charge in [0.2, 0.25) is 0 Å². The molecule has 1 aliphatic heterocycles. The Balaban J connectivity index is 2.40. The molecule has 0 amide bonds. The third-order valence-electron chi connectivity index (χ3n) is 2.30. The zero-order valence-corrected chi connectivity index (χ0v) is 8.95. The molecule has 1 heterocycles. The van der Waals surface area contributed by atoms with Crippen LogP contribution in [0.25, 0.3) is 0 Å². The van der Waals surface area contributed by atoms with E-state index < -0.39 is 25.1 Å². The lowest BCUT2D eigenvalue weighted by molar-refractivity contribution is -0.244. The second kappa shape index (κ2) is 7.13. The van der Waals surface area contributed by atoms with Crippen molar-refractivity contribution in [2.24, 2.45) is 0 Å². The third kappa shape index (κ3) is 3.95. The number of aliphatic hydroxyl groups excluding tert-OH is 4. The highest BCUT2D eigenvalue weighted by atomic mass is 16.7. The van der Waals surface area contributed by atoms with Crippen LogP contribution in [0.5, 0.6) is 0 Å². The van der Waals surface area contributed by atoms with Crippen LogP contribution in [0.2, 0.25) is 0 Å². The highest BCUT2D eigenvalue weighted by molar-refractivity contribution is 4.78. The summed E-state index contributed by atoms with van der Waals surface area (Å²) in [5.74, 6) is 0. The van der Waals surface area contributed by atoms with Crippen LogP contribution < -0.4 is 5.32 Å². The van der Waals surface area contributed by atoms with Crippen LogP contribution in [-0.2, 0) is 9.47 Å². The summed E-state index contributed by atoms with van der Waals surface area (Å²) in [4.78, 5) is 0. The molecule has 1 fully saturated rings. The number of ether oxygens (including phenoxy) is 2. The van der Waals surface area contributed by atoms with Gasteiger partial charge in [-0.3, -0.25) is 0 Å². The van der Waals surface area contributed by atoms with Gasteiger partial charge in [0.25, 0.3) is 0 Å². The summed E-state index contributed by atoms with van der Waals surface area (Å²) in [6.07, 6.45) is -3.78. The van der Waals surface area contributed by atoms with Gasteiger partial charge in [-0.15, -0.1) is 0 Å². The van der Waals surface area contributed by atoms with E-state index in [1.165, 1.54) is 0 Å². The van der Waals surface area contributed by atoms with Crippen molar-refractivity contribution in [1.29, 1.82) is 0 Å². The van der Waals surface area contributed by atoms with Crippen molar-refractivity contribution >= 4 is 0 Å². The first-order valence-corrected chi connectivity index (χ1v) is 5.24. The Bertz CT molecular complexity index is 189. The quantitative estimate of drug-likeness (QED) is 0.286. The average molecular weight is 237 g/mol. The van der Waals surface area contributed by atoms with E-state index in [0.29, 0.717) is 13.1 Å². The molecule has 3 atom stereocenters. The Kier molecular flexibility index (Phi) is 6.14. The van der Waals surface area contributed by atoms with Gasteiger partial charge in [0, 0.05) is 13.1 Å². The molecule has 0 aromatic heterocycles. The van der Waals surface area contributed by atoms with Crippen molar-refractivity contribution < 1.29 is 29.9 Å². The van der Waals surface area contributed by atoms with Crippen molar-refractivity contribution in [2.75, 3.05) is 32.9 Å². The lowest BCUT2D eigenvalue weighted by Crippen LogP contribution is -2.53. The van der Waals surface area contributed by atoms with E-state index in [1.807, 2.05) is 0 Å². The average Bonchev–Trinajstić information content (AvgIpc) is 2.25. The smallest absolute Gasteiger partial charge is 0.186 e. The summed E-state index contributed by atoms with van der Waals surface area (Å²) in [5, 5.41) is 39.2. The van der Waals surface area contributed by atoms with Crippen LogP contribution in [0.1, 0.15) is 0 Å². The molecule has 1 aliphatic rings. The largest absolute Gasteiger partial charge is 0.394 e. The summed E-state index contributed by atoms with van der Waals surface area (Å²) < 4.78 is 10.4. The third-order valence-corrected chi connectivity index (χ3v) is 2.30. The lowest BCUT2D eigenvalue weighted by Gasteiger charge is -2.34. The van der Waals surface area contributed by atoms with Crippen molar-refractivity contribution in [3.05, 3.63) is 0 Å². The monoisotopic (exact) mass is 237 g/mol. The Hall–Kier alpha value is -0.280. The van der Waals surface area contributed by atoms with Crippen LogP contribution in [0.15, 0.2) is 0 Å². The number of aliphatic hydroxyl groups is 4. The van der Waals surface area contributed by atoms with E-state index in [-0.39, 0.29) is 19.3 Å². The zero-order chi connectivity index (χ0) is 12.0. The topological polar surface area (TPSA) is 111 Å². The maximum Gasteiger partial charge on any atom is 0.186 e. The van der Waals surface area contributed by atoms with E-state index in [9.17, 15) is 10.2 Å².